The molecule has 3 aromatic rings. The Morgan fingerprint density at radius 1 is 1.02 bits per heavy atom. The van der Waals surface area contributed by atoms with Gasteiger partial charge in [0.15, 0.2) is 11.5 Å². The molecule has 0 fully saturated rings. The normalized spacial score (nSPS) is 19.0. The van der Waals surface area contributed by atoms with Crippen LogP contribution >= 0.6 is 0 Å². The van der Waals surface area contributed by atoms with Gasteiger partial charge in [-0.05, 0) is 44.6 Å². The van der Waals surface area contributed by atoms with Crippen LogP contribution in [-0.4, -0.2) is 27.2 Å². The van der Waals surface area contributed by atoms with Crippen LogP contribution < -0.4 is 5.11 Å². The first-order valence-electron chi connectivity index (χ1n) is 15.1. The molecule has 2 aliphatic carbocycles. The van der Waals surface area contributed by atoms with E-state index in [1.54, 1.807) is 0 Å². The van der Waals surface area contributed by atoms with Crippen LogP contribution in [0.25, 0.3) is 16.5 Å². The van der Waals surface area contributed by atoms with Gasteiger partial charge in [-0.15, -0.1) is 0 Å². The number of Topliss-reactive ketones (excluding diaryl/α,β-unsaturated/α-hetero) is 1. The van der Waals surface area contributed by atoms with Crippen molar-refractivity contribution >= 4 is 33.7 Å². The molecule has 0 atom stereocenters. The number of rotatable bonds is 10. The predicted octanol–water partition coefficient (Wildman–Crippen LogP) is 7.26. The molecule has 0 radical (unpaired) electrons. The van der Waals surface area contributed by atoms with Gasteiger partial charge in [0.1, 0.15) is 6.54 Å². The number of unbranched alkanes of at least 4 members (excludes halogenated alkanes) is 1. The standard InChI is InChI=1S/C37H40N2O2/c1-25(2)20-22-39-32-19-10-8-17-30(32)37(3,4)33(39)23-28-35(40)34(36(28)41)29-24-38(31-18-9-7-16-27(29)31)21-12-11-15-26-13-5-6-14-26/h5-10,13-14,16-19,23-26H,11-12,15,20-22H2,1-4H3. The first kappa shape index (κ1) is 27.3. The van der Waals surface area contributed by atoms with Gasteiger partial charge in [0, 0.05) is 64.5 Å². The molecule has 0 N–H and O–H groups in total. The third kappa shape index (κ3) is 4.84. The highest BCUT2D eigenvalue weighted by Gasteiger charge is 2.45. The molecule has 6 rings (SSSR count). The van der Waals surface area contributed by atoms with E-state index in [0.29, 0.717) is 23.0 Å². The Morgan fingerprint density at radius 3 is 2.51 bits per heavy atom. The fraction of sp³-hybridized carbons (Fsp3) is 0.351. The molecule has 41 heavy (non-hydrogen) atoms. The number of nitrogens with zero attached hydrogens (tertiary/aromatic N) is 2. The number of fused-ring (bicyclic) bond motifs is 2. The second-order valence-electron chi connectivity index (χ2n) is 12.6. The molecule has 0 bridgehead atoms. The number of hydrogen-bond acceptors (Lipinski definition) is 2. The summed E-state index contributed by atoms with van der Waals surface area (Å²) in [6.07, 6.45) is 17.0. The minimum absolute atomic E-state index is 0.138. The molecular formula is C37H40N2O2. The second-order valence-corrected chi connectivity index (χ2v) is 12.6. The Morgan fingerprint density at radius 2 is 1.76 bits per heavy atom. The summed E-state index contributed by atoms with van der Waals surface area (Å²) < 4.78 is 4.54. The number of aryl methyl sites for hydroxylation is 1. The largest absolute Gasteiger partial charge is 0.871 e. The van der Waals surface area contributed by atoms with E-state index in [4.69, 9.17) is 0 Å². The minimum Gasteiger partial charge on any atom is -0.871 e. The summed E-state index contributed by atoms with van der Waals surface area (Å²) in [4.78, 5) is 13.7. The SMILES string of the molecule is CC(C)CC[N+]1=C(/C=C2/C(=O)C(c3cn(CCCCC4C=CC=C4)c4ccccc34)=C2[O-])C(C)(C)c2ccccc21. The van der Waals surface area contributed by atoms with Gasteiger partial charge in [0.05, 0.1) is 5.41 Å². The van der Waals surface area contributed by atoms with E-state index in [-0.39, 0.29) is 17.0 Å². The van der Waals surface area contributed by atoms with Crippen molar-refractivity contribution in [2.75, 3.05) is 6.54 Å². The van der Waals surface area contributed by atoms with Crippen LogP contribution in [0.4, 0.5) is 5.69 Å². The van der Waals surface area contributed by atoms with Crippen LogP contribution in [-0.2, 0) is 16.8 Å². The van der Waals surface area contributed by atoms with E-state index in [9.17, 15) is 9.90 Å². The molecule has 2 heterocycles. The Bertz CT molecular complexity index is 1660. The molecule has 210 valence electrons. The van der Waals surface area contributed by atoms with Crippen molar-refractivity contribution in [1.82, 2.24) is 4.57 Å². The number of aromatic nitrogens is 1. The third-order valence-electron chi connectivity index (χ3n) is 9.03. The predicted molar refractivity (Wildman–Crippen MR) is 166 cm³/mol. The van der Waals surface area contributed by atoms with Gasteiger partial charge in [-0.2, -0.15) is 4.58 Å². The van der Waals surface area contributed by atoms with Crippen molar-refractivity contribution in [3.8, 4) is 0 Å². The van der Waals surface area contributed by atoms with Gasteiger partial charge >= 0.3 is 0 Å². The minimum atomic E-state index is -0.295. The third-order valence-corrected chi connectivity index (χ3v) is 9.03. The average molecular weight is 545 g/mol. The zero-order valence-electron chi connectivity index (χ0n) is 24.7. The number of benzene rings is 2. The number of carbonyl (C=O) groups excluding carboxylic acids is 1. The topological polar surface area (TPSA) is 48.1 Å². The van der Waals surface area contributed by atoms with Gasteiger partial charge in [0.2, 0.25) is 5.69 Å². The van der Waals surface area contributed by atoms with Gasteiger partial charge in [-0.25, -0.2) is 0 Å². The van der Waals surface area contributed by atoms with E-state index in [1.807, 2.05) is 30.5 Å². The summed E-state index contributed by atoms with van der Waals surface area (Å²) in [6, 6.07) is 16.6. The monoisotopic (exact) mass is 544 g/mol. The molecule has 0 unspecified atom stereocenters. The number of para-hydroxylation sites is 2. The number of hydrogen-bond donors (Lipinski definition) is 0. The van der Waals surface area contributed by atoms with Crippen LogP contribution in [0.1, 0.15) is 64.5 Å². The van der Waals surface area contributed by atoms with Crippen molar-refractivity contribution in [3.63, 3.8) is 0 Å². The number of ketones is 1. The van der Waals surface area contributed by atoms with Gasteiger partial charge in [-0.1, -0.05) is 86.7 Å². The molecule has 4 heteroatoms. The lowest BCUT2D eigenvalue weighted by Crippen LogP contribution is -2.33. The molecule has 4 nitrogen and oxygen atoms in total. The van der Waals surface area contributed by atoms with E-state index < -0.39 is 0 Å². The summed E-state index contributed by atoms with van der Waals surface area (Å²) in [5.41, 5.74) is 5.63. The lowest BCUT2D eigenvalue weighted by Gasteiger charge is -2.30. The molecule has 1 aliphatic heterocycles. The average Bonchev–Trinajstić information content (AvgIpc) is 3.66. The van der Waals surface area contributed by atoms with E-state index in [0.717, 1.165) is 61.0 Å². The van der Waals surface area contributed by atoms with Crippen molar-refractivity contribution < 1.29 is 14.5 Å². The van der Waals surface area contributed by atoms with E-state index in [1.165, 1.54) is 11.3 Å². The summed E-state index contributed by atoms with van der Waals surface area (Å²) >= 11 is 0. The molecular weight excluding hydrogens is 504 g/mol. The lowest BCUT2D eigenvalue weighted by atomic mass is 9.77. The van der Waals surface area contributed by atoms with Gasteiger partial charge in [0.25, 0.3) is 0 Å². The summed E-state index contributed by atoms with van der Waals surface area (Å²) in [7, 11) is 0. The zero-order valence-corrected chi connectivity index (χ0v) is 24.7. The molecule has 0 saturated carbocycles. The van der Waals surface area contributed by atoms with Crippen LogP contribution in [0.15, 0.2) is 96.4 Å². The first-order chi connectivity index (χ1) is 19.8. The first-order valence-corrected chi connectivity index (χ1v) is 15.1. The maximum Gasteiger partial charge on any atom is 0.209 e. The zero-order chi connectivity index (χ0) is 28.7. The highest BCUT2D eigenvalue weighted by molar-refractivity contribution is 6.41. The number of carbonyl (C=O) groups is 1. The Hall–Kier alpha value is -3.92. The lowest BCUT2D eigenvalue weighted by molar-refractivity contribution is -0.439. The van der Waals surface area contributed by atoms with E-state index in [2.05, 4.69) is 91.5 Å². The van der Waals surface area contributed by atoms with E-state index >= 15 is 0 Å². The quantitative estimate of drug-likeness (QED) is 0.153. The summed E-state index contributed by atoms with van der Waals surface area (Å²) in [6.45, 7) is 10.6. The highest BCUT2D eigenvalue weighted by Crippen LogP contribution is 2.43. The van der Waals surface area contributed by atoms with Gasteiger partial charge in [-0.3, -0.25) is 4.79 Å². The van der Waals surface area contributed by atoms with Crippen LogP contribution in [0.3, 0.4) is 0 Å². The Balaban J connectivity index is 1.32. The van der Waals surface area contributed by atoms with Crippen molar-refractivity contribution in [2.24, 2.45) is 11.8 Å². The second kappa shape index (κ2) is 10.8. The maximum absolute atomic E-state index is 13.7. The number of allylic oxidation sites excluding steroid dienone is 7. The van der Waals surface area contributed by atoms with Gasteiger partial charge < -0.3 is 9.67 Å². The molecule has 1 aromatic heterocycles. The molecule has 2 aromatic carbocycles. The van der Waals surface area contributed by atoms with Crippen LogP contribution in [0.5, 0.6) is 0 Å². The molecule has 0 amide bonds. The smallest absolute Gasteiger partial charge is 0.209 e. The van der Waals surface area contributed by atoms with Crippen molar-refractivity contribution in [3.05, 3.63) is 108 Å². The molecule has 0 saturated heterocycles. The Kier molecular flexibility index (Phi) is 7.19. The van der Waals surface area contributed by atoms with Crippen LogP contribution in [0.2, 0.25) is 0 Å². The Labute approximate surface area is 243 Å². The summed E-state index contributed by atoms with van der Waals surface area (Å²) in [5.74, 6) is 0.830. The molecule has 0 spiro atoms. The maximum atomic E-state index is 13.7. The molecule has 3 aliphatic rings. The van der Waals surface area contributed by atoms with Crippen molar-refractivity contribution in [2.45, 2.75) is 65.3 Å². The fourth-order valence-electron chi connectivity index (χ4n) is 6.62. The fourth-order valence-corrected chi connectivity index (χ4v) is 6.62. The van der Waals surface area contributed by atoms with Crippen molar-refractivity contribution in [1.29, 1.82) is 0 Å². The summed E-state index contributed by atoms with van der Waals surface area (Å²) in [5, 5.41) is 14.7. The highest BCUT2D eigenvalue weighted by atomic mass is 16.3. The van der Waals surface area contributed by atoms with Crippen LogP contribution in [0, 0.1) is 11.8 Å².